The van der Waals surface area contributed by atoms with Gasteiger partial charge < -0.3 is 9.80 Å². The summed E-state index contributed by atoms with van der Waals surface area (Å²) >= 11 is 0. The van der Waals surface area contributed by atoms with Crippen molar-refractivity contribution in [2.75, 3.05) is 9.80 Å². The van der Waals surface area contributed by atoms with Gasteiger partial charge in [0.1, 0.15) is 0 Å². The summed E-state index contributed by atoms with van der Waals surface area (Å²) in [6, 6.07) is 49.6. The van der Waals surface area contributed by atoms with Crippen molar-refractivity contribution < 1.29 is 4.11 Å². The van der Waals surface area contributed by atoms with Crippen molar-refractivity contribution in [2.24, 2.45) is 0 Å². The van der Waals surface area contributed by atoms with Gasteiger partial charge in [0.15, 0.2) is 0 Å². The second-order valence-electron chi connectivity index (χ2n) is 24.2. The number of anilines is 6. The van der Waals surface area contributed by atoms with Crippen molar-refractivity contribution >= 4 is 57.2 Å². The molecule has 2 heterocycles. The molecule has 2 aliphatic heterocycles. The molecule has 67 heavy (non-hydrogen) atoms. The smallest absolute Gasteiger partial charge is 0.252 e. The molecule has 2 nitrogen and oxygen atoms in total. The summed E-state index contributed by atoms with van der Waals surface area (Å²) in [4.78, 5) is 4.95. The Labute approximate surface area is 406 Å². The lowest BCUT2D eigenvalue weighted by Gasteiger charge is -2.49. The Morgan fingerprint density at radius 2 is 0.940 bits per heavy atom. The molecule has 0 spiro atoms. The van der Waals surface area contributed by atoms with Gasteiger partial charge in [-0.3, -0.25) is 0 Å². The molecule has 4 aliphatic rings. The van der Waals surface area contributed by atoms with Gasteiger partial charge in [-0.05, 0) is 181 Å². The molecule has 7 aromatic rings. The lowest BCUT2D eigenvalue weighted by atomic mass is 9.32. The summed E-state index contributed by atoms with van der Waals surface area (Å²) in [5, 5.41) is 0. The molecule has 0 bridgehead atoms. The molecule has 0 N–H and O–H groups in total. The van der Waals surface area contributed by atoms with Crippen LogP contribution in [0.15, 0.2) is 133 Å². The zero-order chi connectivity index (χ0) is 49.7. The summed E-state index contributed by atoms with van der Waals surface area (Å²) in [7, 11) is 0. The minimum absolute atomic E-state index is 0.0349. The topological polar surface area (TPSA) is 6.48 Å². The maximum Gasteiger partial charge on any atom is 0.252 e. The van der Waals surface area contributed by atoms with Gasteiger partial charge in [0, 0.05) is 38.1 Å². The van der Waals surface area contributed by atoms with Gasteiger partial charge in [-0.25, -0.2) is 0 Å². The van der Waals surface area contributed by atoms with E-state index in [-0.39, 0.29) is 33.8 Å². The van der Waals surface area contributed by atoms with E-state index in [0.717, 1.165) is 93.1 Å². The van der Waals surface area contributed by atoms with Gasteiger partial charge in [-0.15, -0.1) is 0 Å². The SMILES string of the molecule is [2H]C([2H])([2H])c1cc2c3c(c1)N(c1ccc(C(C)(C)C)cc1-c1ccccc1)c1cc4c(cc1B3c1cc3c(cc1N2c1cc(-c2ccccc2)ccc1C)C(C)(C)CCC3(C)C)C(C)(C)CCC4(C)C. The normalized spacial score (nSPS) is 18.9. The van der Waals surface area contributed by atoms with Gasteiger partial charge >= 0.3 is 0 Å². The molecule has 0 radical (unpaired) electrons. The summed E-state index contributed by atoms with van der Waals surface area (Å²) in [6.45, 7) is 25.9. The Hall–Kier alpha value is -5.80. The third-order valence-electron chi connectivity index (χ3n) is 16.8. The van der Waals surface area contributed by atoms with Crippen LogP contribution in [0, 0.1) is 13.8 Å². The first-order valence-corrected chi connectivity index (χ1v) is 24.9. The predicted octanol–water partition coefficient (Wildman–Crippen LogP) is 15.7. The van der Waals surface area contributed by atoms with Gasteiger partial charge in [-0.1, -0.05) is 167 Å². The van der Waals surface area contributed by atoms with Crippen molar-refractivity contribution in [3.05, 3.63) is 172 Å². The predicted molar refractivity (Wildman–Crippen MR) is 290 cm³/mol. The fraction of sp³-hybridized carbons (Fsp3) is 0.344. The minimum Gasteiger partial charge on any atom is -0.311 e. The number of nitrogens with zero attached hydrogens (tertiary/aromatic N) is 2. The minimum atomic E-state index is -2.39. The second-order valence-corrected chi connectivity index (χ2v) is 24.2. The van der Waals surface area contributed by atoms with E-state index in [1.807, 2.05) is 12.1 Å². The van der Waals surface area contributed by atoms with Crippen molar-refractivity contribution in [1.29, 1.82) is 0 Å². The molecule has 2 aliphatic carbocycles. The van der Waals surface area contributed by atoms with Crippen LogP contribution in [0.5, 0.6) is 0 Å². The fourth-order valence-electron chi connectivity index (χ4n) is 12.3. The van der Waals surface area contributed by atoms with Crippen molar-refractivity contribution in [1.82, 2.24) is 0 Å². The quantitative estimate of drug-likeness (QED) is 0.163. The summed E-state index contributed by atoms with van der Waals surface area (Å²) < 4.78 is 27.8. The molecule has 0 unspecified atom stereocenters. The standard InChI is InChI=1S/C64H69BN2/c1-40-32-57-59-58(33-40)67(54-34-44(25-24-41(54)2)42-20-16-14-17-21-42)56-39-50-48(62(8,9)29-31-64(50,12)13)37-52(56)65(59)51-36-47-49(63(10,11)30-28-61(47,6)7)38-55(51)66(57)53-27-26-45(60(3,4)5)35-46(53)43-22-18-15-19-23-43/h14-27,32-39H,28-31H2,1-13H3/i1D3. The van der Waals surface area contributed by atoms with E-state index >= 15 is 0 Å². The lowest BCUT2D eigenvalue weighted by molar-refractivity contribution is 0.332. The summed E-state index contributed by atoms with van der Waals surface area (Å²) in [5.41, 5.74) is 22.5. The molecule has 0 aromatic heterocycles. The molecule has 0 fully saturated rings. The Bertz CT molecular complexity index is 3260. The van der Waals surface area contributed by atoms with Crippen LogP contribution in [0.25, 0.3) is 22.3 Å². The molecule has 0 atom stereocenters. The number of benzene rings is 7. The molecule has 3 heteroatoms. The van der Waals surface area contributed by atoms with Crippen LogP contribution in [-0.2, 0) is 27.1 Å². The van der Waals surface area contributed by atoms with Crippen molar-refractivity contribution in [2.45, 2.75) is 143 Å². The number of fused-ring (bicyclic) bond motifs is 6. The van der Waals surface area contributed by atoms with Crippen LogP contribution < -0.4 is 26.2 Å². The number of hydrogen-bond acceptors (Lipinski definition) is 2. The summed E-state index contributed by atoms with van der Waals surface area (Å²) in [5.74, 6) is 0. The first-order valence-electron chi connectivity index (χ1n) is 26.4. The number of rotatable bonds is 4. The Kier molecular flexibility index (Phi) is 8.93. The average molecular weight is 880 g/mol. The van der Waals surface area contributed by atoms with Crippen LogP contribution in [0.3, 0.4) is 0 Å². The fourth-order valence-corrected chi connectivity index (χ4v) is 12.3. The molecule has 11 rings (SSSR count). The largest absolute Gasteiger partial charge is 0.311 e. The van der Waals surface area contributed by atoms with Crippen LogP contribution in [0.4, 0.5) is 34.1 Å². The van der Waals surface area contributed by atoms with Crippen LogP contribution in [0.2, 0.25) is 0 Å². The highest BCUT2D eigenvalue weighted by atomic mass is 15.2. The second kappa shape index (κ2) is 14.9. The molecule has 0 saturated heterocycles. The van der Waals surface area contributed by atoms with E-state index in [1.54, 1.807) is 0 Å². The maximum atomic E-state index is 9.26. The monoisotopic (exact) mass is 880 g/mol. The van der Waals surface area contributed by atoms with Gasteiger partial charge in [-0.2, -0.15) is 0 Å². The van der Waals surface area contributed by atoms with E-state index in [1.165, 1.54) is 38.7 Å². The Balaban J connectivity index is 1.33. The van der Waals surface area contributed by atoms with E-state index in [4.69, 9.17) is 0 Å². The third-order valence-corrected chi connectivity index (χ3v) is 16.8. The van der Waals surface area contributed by atoms with Crippen LogP contribution in [-0.4, -0.2) is 6.71 Å². The average Bonchev–Trinajstić information content (AvgIpc) is 3.31. The zero-order valence-electron chi connectivity index (χ0n) is 45.0. The summed E-state index contributed by atoms with van der Waals surface area (Å²) in [6.07, 6.45) is 4.39. The maximum absolute atomic E-state index is 9.26. The van der Waals surface area contributed by atoms with E-state index in [0.29, 0.717) is 5.56 Å². The first kappa shape index (κ1) is 40.3. The van der Waals surface area contributed by atoms with Crippen LogP contribution in [0.1, 0.15) is 145 Å². The Morgan fingerprint density at radius 3 is 1.43 bits per heavy atom. The van der Waals surface area contributed by atoms with Crippen molar-refractivity contribution in [3.63, 3.8) is 0 Å². The van der Waals surface area contributed by atoms with Crippen molar-refractivity contribution in [3.8, 4) is 22.3 Å². The highest BCUT2D eigenvalue weighted by Crippen LogP contribution is 2.54. The highest BCUT2D eigenvalue weighted by Gasteiger charge is 2.49. The molecule has 0 saturated carbocycles. The van der Waals surface area contributed by atoms with Gasteiger partial charge in [0.25, 0.3) is 6.71 Å². The number of hydrogen-bond donors (Lipinski definition) is 0. The van der Waals surface area contributed by atoms with E-state index in [2.05, 4.69) is 214 Å². The molecular weight excluding hydrogens is 808 g/mol. The van der Waals surface area contributed by atoms with Gasteiger partial charge in [0.05, 0.1) is 5.69 Å². The Morgan fingerprint density at radius 1 is 0.463 bits per heavy atom. The lowest BCUT2D eigenvalue weighted by Crippen LogP contribution is -2.62. The highest BCUT2D eigenvalue weighted by molar-refractivity contribution is 7.00. The first-order chi connectivity index (χ1) is 32.9. The molecule has 7 aromatic carbocycles. The van der Waals surface area contributed by atoms with Crippen LogP contribution >= 0.6 is 0 Å². The third kappa shape index (κ3) is 6.88. The molecular formula is C64H69BN2. The number of aryl methyl sites for hydroxylation is 2. The van der Waals surface area contributed by atoms with E-state index in [9.17, 15) is 4.11 Å². The molecule has 0 amide bonds. The zero-order valence-corrected chi connectivity index (χ0v) is 42.0. The van der Waals surface area contributed by atoms with E-state index < -0.39 is 6.85 Å². The van der Waals surface area contributed by atoms with Gasteiger partial charge in [0.2, 0.25) is 0 Å². The molecule has 338 valence electrons.